The van der Waals surface area contributed by atoms with Crippen molar-refractivity contribution in [1.82, 2.24) is 4.72 Å². The summed E-state index contributed by atoms with van der Waals surface area (Å²) in [5.74, 6) is -0.394. The predicted molar refractivity (Wildman–Crippen MR) is 110 cm³/mol. The maximum atomic E-state index is 13.1. The Balaban J connectivity index is 2.56. The molecule has 2 aromatic rings. The van der Waals surface area contributed by atoms with Crippen LogP contribution in [0.2, 0.25) is 10.0 Å². The van der Waals surface area contributed by atoms with Crippen molar-refractivity contribution in [3.8, 4) is 0 Å². The van der Waals surface area contributed by atoms with E-state index < -0.39 is 15.9 Å². The van der Waals surface area contributed by atoms with E-state index in [0.29, 0.717) is 6.54 Å². The molecule has 27 heavy (non-hydrogen) atoms. The first-order valence-corrected chi connectivity index (χ1v) is 10.7. The van der Waals surface area contributed by atoms with Gasteiger partial charge in [0.2, 0.25) is 10.0 Å². The van der Waals surface area contributed by atoms with Crippen molar-refractivity contribution in [3.05, 3.63) is 57.6 Å². The number of hydrogen-bond acceptors (Lipinski definition) is 3. The number of carbonyl (C=O) groups excluding carboxylic acids is 1. The van der Waals surface area contributed by atoms with E-state index in [1.54, 1.807) is 18.7 Å². The van der Waals surface area contributed by atoms with Gasteiger partial charge in [-0.1, -0.05) is 41.4 Å². The molecule has 0 saturated heterocycles. The van der Waals surface area contributed by atoms with Gasteiger partial charge in [-0.05, 0) is 51.5 Å². The van der Waals surface area contributed by atoms with Crippen LogP contribution in [0.5, 0.6) is 0 Å². The quantitative estimate of drug-likeness (QED) is 0.727. The van der Waals surface area contributed by atoms with Crippen LogP contribution in [0.3, 0.4) is 0 Å². The van der Waals surface area contributed by atoms with Crippen molar-refractivity contribution in [2.75, 3.05) is 11.4 Å². The molecule has 0 radical (unpaired) electrons. The molecule has 2 rings (SSSR count). The van der Waals surface area contributed by atoms with E-state index in [-0.39, 0.29) is 26.5 Å². The summed E-state index contributed by atoms with van der Waals surface area (Å²) in [5, 5.41) is 0.0594. The third kappa shape index (κ3) is 4.82. The molecule has 0 aliphatic rings. The fourth-order valence-corrected chi connectivity index (χ4v) is 4.81. The highest BCUT2D eigenvalue weighted by Crippen LogP contribution is 2.31. The van der Waals surface area contributed by atoms with E-state index in [9.17, 15) is 13.2 Å². The molecule has 1 amide bonds. The highest BCUT2D eigenvalue weighted by molar-refractivity contribution is 7.89. The minimum Gasteiger partial charge on any atom is -0.308 e. The molecule has 0 fully saturated rings. The van der Waals surface area contributed by atoms with Crippen molar-refractivity contribution in [2.24, 2.45) is 0 Å². The highest BCUT2D eigenvalue weighted by atomic mass is 35.5. The van der Waals surface area contributed by atoms with Gasteiger partial charge in [-0.25, -0.2) is 13.1 Å². The Morgan fingerprint density at radius 3 is 2.33 bits per heavy atom. The summed E-state index contributed by atoms with van der Waals surface area (Å²) in [7, 11) is -3.88. The summed E-state index contributed by atoms with van der Waals surface area (Å²) in [5.41, 5.74) is 1.74. The van der Waals surface area contributed by atoms with Crippen LogP contribution >= 0.6 is 23.2 Å². The van der Waals surface area contributed by atoms with Gasteiger partial charge in [0.15, 0.2) is 0 Å². The van der Waals surface area contributed by atoms with E-state index >= 15 is 0 Å². The first kappa shape index (κ1) is 21.7. The summed E-state index contributed by atoms with van der Waals surface area (Å²) in [6.45, 7) is 7.53. The first-order chi connectivity index (χ1) is 12.6. The third-order valence-corrected chi connectivity index (χ3v) is 6.34. The Morgan fingerprint density at radius 2 is 1.78 bits per heavy atom. The van der Waals surface area contributed by atoms with Crippen LogP contribution in [-0.2, 0) is 10.0 Å². The van der Waals surface area contributed by atoms with Crippen molar-refractivity contribution in [3.63, 3.8) is 0 Å². The lowest BCUT2D eigenvalue weighted by Gasteiger charge is -2.24. The topological polar surface area (TPSA) is 66.5 Å². The Kier molecular flexibility index (Phi) is 6.92. The predicted octanol–water partition coefficient (Wildman–Crippen LogP) is 4.66. The molecule has 5 nitrogen and oxygen atoms in total. The van der Waals surface area contributed by atoms with E-state index in [4.69, 9.17) is 23.2 Å². The normalized spacial score (nSPS) is 11.7. The zero-order valence-corrected chi connectivity index (χ0v) is 17.9. The van der Waals surface area contributed by atoms with Gasteiger partial charge < -0.3 is 4.90 Å². The second-order valence-corrected chi connectivity index (χ2v) is 8.87. The van der Waals surface area contributed by atoms with Gasteiger partial charge in [0.1, 0.15) is 4.90 Å². The van der Waals surface area contributed by atoms with E-state index in [1.165, 1.54) is 12.1 Å². The molecule has 146 valence electrons. The summed E-state index contributed by atoms with van der Waals surface area (Å²) in [6, 6.07) is 9.66. The molecular weight excluding hydrogens is 407 g/mol. The van der Waals surface area contributed by atoms with Crippen LogP contribution in [0.1, 0.15) is 36.7 Å². The van der Waals surface area contributed by atoms with Crippen molar-refractivity contribution >= 4 is 44.8 Å². The first-order valence-electron chi connectivity index (χ1n) is 8.47. The largest absolute Gasteiger partial charge is 0.308 e. The van der Waals surface area contributed by atoms with Crippen molar-refractivity contribution in [1.29, 1.82) is 0 Å². The van der Waals surface area contributed by atoms with Crippen LogP contribution in [0, 0.1) is 6.92 Å². The maximum absolute atomic E-state index is 13.1. The van der Waals surface area contributed by atoms with Gasteiger partial charge in [0, 0.05) is 18.3 Å². The standard InChI is InChI=1S/C19H22Cl2N2O3S/c1-5-23(17-9-7-6-8-13(17)4)19(24)14-10-18(16(21)11-15(14)20)27(25,26)22-12(2)3/h6-12,22H,5H2,1-4H3. The number of amides is 1. The number of anilines is 1. The summed E-state index contributed by atoms with van der Waals surface area (Å²) in [6.07, 6.45) is 0. The lowest BCUT2D eigenvalue weighted by atomic mass is 10.1. The van der Waals surface area contributed by atoms with E-state index in [2.05, 4.69) is 4.72 Å². The van der Waals surface area contributed by atoms with Gasteiger partial charge in [-0.15, -0.1) is 0 Å². The van der Waals surface area contributed by atoms with Gasteiger partial charge in [0.05, 0.1) is 15.6 Å². The molecule has 0 aliphatic heterocycles. The highest BCUT2D eigenvalue weighted by Gasteiger charge is 2.26. The van der Waals surface area contributed by atoms with Crippen LogP contribution in [0.4, 0.5) is 5.69 Å². The lowest BCUT2D eigenvalue weighted by molar-refractivity contribution is 0.0988. The number of para-hydroxylation sites is 1. The van der Waals surface area contributed by atoms with Crippen LogP contribution in [-0.4, -0.2) is 26.9 Å². The van der Waals surface area contributed by atoms with E-state index in [0.717, 1.165) is 11.3 Å². The molecule has 8 heteroatoms. The lowest BCUT2D eigenvalue weighted by Crippen LogP contribution is -2.33. The fraction of sp³-hybridized carbons (Fsp3) is 0.316. The van der Waals surface area contributed by atoms with Crippen LogP contribution in [0.25, 0.3) is 0 Å². The number of sulfonamides is 1. The number of halogens is 2. The molecule has 0 heterocycles. The second kappa shape index (κ2) is 8.61. The summed E-state index contributed by atoms with van der Waals surface area (Å²) >= 11 is 12.3. The minimum atomic E-state index is -3.88. The Bertz CT molecular complexity index is 959. The SMILES string of the molecule is CCN(C(=O)c1cc(S(=O)(=O)NC(C)C)c(Cl)cc1Cl)c1ccccc1C. The molecule has 0 bridgehead atoms. The number of hydrogen-bond donors (Lipinski definition) is 1. The Hall–Kier alpha value is -1.60. The molecule has 0 atom stereocenters. The Labute approximate surface area is 170 Å². The monoisotopic (exact) mass is 428 g/mol. The summed E-state index contributed by atoms with van der Waals surface area (Å²) in [4.78, 5) is 14.5. The van der Waals surface area contributed by atoms with Gasteiger partial charge in [-0.3, -0.25) is 4.79 Å². The number of aryl methyl sites for hydroxylation is 1. The minimum absolute atomic E-state index is 0.0383. The molecular formula is C19H22Cl2N2O3S. The molecule has 0 aliphatic carbocycles. The molecule has 0 saturated carbocycles. The smallest absolute Gasteiger partial charge is 0.259 e. The zero-order chi connectivity index (χ0) is 20.4. The number of nitrogens with zero attached hydrogens (tertiary/aromatic N) is 1. The van der Waals surface area contributed by atoms with Crippen LogP contribution < -0.4 is 9.62 Å². The molecule has 0 aromatic heterocycles. The Morgan fingerprint density at radius 1 is 1.15 bits per heavy atom. The molecule has 2 aromatic carbocycles. The van der Waals surface area contributed by atoms with Crippen LogP contribution in [0.15, 0.2) is 41.3 Å². The van der Waals surface area contributed by atoms with E-state index in [1.807, 2.05) is 38.1 Å². The van der Waals surface area contributed by atoms with Crippen molar-refractivity contribution < 1.29 is 13.2 Å². The summed E-state index contributed by atoms with van der Waals surface area (Å²) < 4.78 is 27.6. The number of rotatable bonds is 6. The maximum Gasteiger partial charge on any atom is 0.259 e. The average molecular weight is 429 g/mol. The van der Waals surface area contributed by atoms with Gasteiger partial charge in [0.25, 0.3) is 5.91 Å². The number of nitrogens with one attached hydrogen (secondary N) is 1. The zero-order valence-electron chi connectivity index (χ0n) is 15.6. The average Bonchev–Trinajstić information content (AvgIpc) is 2.55. The molecule has 0 spiro atoms. The molecule has 0 unspecified atom stereocenters. The van der Waals surface area contributed by atoms with Gasteiger partial charge >= 0.3 is 0 Å². The third-order valence-electron chi connectivity index (χ3n) is 3.90. The fourth-order valence-electron chi connectivity index (χ4n) is 2.71. The number of benzene rings is 2. The molecule has 1 N–H and O–H groups in total. The van der Waals surface area contributed by atoms with Crippen molar-refractivity contribution in [2.45, 2.75) is 38.6 Å². The number of carbonyl (C=O) groups is 1. The second-order valence-electron chi connectivity index (χ2n) is 6.37. The van der Waals surface area contributed by atoms with Gasteiger partial charge in [-0.2, -0.15) is 0 Å².